The van der Waals surface area contributed by atoms with Gasteiger partial charge in [-0.2, -0.15) is 0 Å². The summed E-state index contributed by atoms with van der Waals surface area (Å²) in [6.45, 7) is 2.01. The Labute approximate surface area is 107 Å². The monoisotopic (exact) mass is 266 g/mol. The molecule has 1 heterocycles. The molecule has 3 nitrogen and oxygen atoms in total. The first-order valence-corrected chi connectivity index (χ1v) is 6.51. The van der Waals surface area contributed by atoms with Crippen molar-refractivity contribution in [3.8, 4) is 5.75 Å². The molecule has 0 aliphatic heterocycles. The van der Waals surface area contributed by atoms with Gasteiger partial charge in [0, 0.05) is 4.90 Å². The van der Waals surface area contributed by atoms with Crippen molar-refractivity contribution in [3.05, 3.63) is 46.2 Å². The Balaban J connectivity index is 2.05. The highest BCUT2D eigenvalue weighted by atomic mass is 32.2. The van der Waals surface area contributed by atoms with Crippen LogP contribution in [-0.2, 0) is 0 Å². The van der Waals surface area contributed by atoms with E-state index in [4.69, 9.17) is 9.29 Å². The molecule has 17 heavy (non-hydrogen) atoms. The molecule has 0 amide bonds. The van der Waals surface area contributed by atoms with Crippen LogP contribution >= 0.6 is 23.4 Å². The van der Waals surface area contributed by atoms with E-state index in [2.05, 4.69) is 0 Å². The Morgan fingerprint density at radius 1 is 1.29 bits per heavy atom. The number of aryl methyl sites for hydroxylation is 1. The summed E-state index contributed by atoms with van der Waals surface area (Å²) in [4.78, 5) is 12.0. The third kappa shape index (κ3) is 3.01. The number of thiophene rings is 1. The Kier molecular flexibility index (Phi) is 3.71. The van der Waals surface area contributed by atoms with Crippen molar-refractivity contribution < 1.29 is 14.1 Å². The van der Waals surface area contributed by atoms with Gasteiger partial charge < -0.3 is 9.29 Å². The molecule has 0 radical (unpaired) electrons. The summed E-state index contributed by atoms with van der Waals surface area (Å²) in [5.41, 5.74) is 1.18. The van der Waals surface area contributed by atoms with Crippen LogP contribution in [0, 0.1) is 6.92 Å². The highest BCUT2D eigenvalue weighted by Crippen LogP contribution is 2.30. The first-order chi connectivity index (χ1) is 8.16. The highest BCUT2D eigenvalue weighted by molar-refractivity contribution is 7.95. The Hall–Kier alpha value is -1.46. The van der Waals surface area contributed by atoms with Crippen LogP contribution in [0.4, 0.5) is 0 Å². The van der Waals surface area contributed by atoms with Crippen molar-refractivity contribution in [2.24, 2.45) is 0 Å². The first kappa shape index (κ1) is 12.0. The molecule has 2 rings (SSSR count). The number of aromatic carboxylic acids is 1. The molecule has 0 fully saturated rings. The quantitative estimate of drug-likeness (QED) is 0.854. The SMILES string of the molecule is Cc1ccc(SOc2ccsc2C(=O)O)cc1. The number of carboxylic acids is 1. The maximum Gasteiger partial charge on any atom is 0.349 e. The lowest BCUT2D eigenvalue weighted by molar-refractivity contribution is 0.0700. The Bertz CT molecular complexity index is 517. The summed E-state index contributed by atoms with van der Waals surface area (Å²) in [5.74, 6) is -0.562. The van der Waals surface area contributed by atoms with Crippen molar-refractivity contribution in [1.29, 1.82) is 0 Å². The summed E-state index contributed by atoms with van der Waals surface area (Å²) in [5, 5.41) is 10.6. The van der Waals surface area contributed by atoms with Gasteiger partial charge in [0.25, 0.3) is 0 Å². The van der Waals surface area contributed by atoms with Gasteiger partial charge in [-0.25, -0.2) is 4.79 Å². The Morgan fingerprint density at radius 3 is 2.65 bits per heavy atom. The highest BCUT2D eigenvalue weighted by Gasteiger charge is 2.13. The fourth-order valence-electron chi connectivity index (χ4n) is 1.21. The van der Waals surface area contributed by atoms with E-state index in [1.165, 1.54) is 5.56 Å². The molecule has 0 aliphatic rings. The second-order valence-corrected chi connectivity index (χ2v) is 5.12. The van der Waals surface area contributed by atoms with E-state index in [0.717, 1.165) is 28.3 Å². The van der Waals surface area contributed by atoms with Gasteiger partial charge in [-0.3, -0.25) is 0 Å². The number of rotatable bonds is 4. The summed E-state index contributed by atoms with van der Waals surface area (Å²) in [7, 11) is 0. The zero-order valence-corrected chi connectivity index (χ0v) is 10.7. The van der Waals surface area contributed by atoms with Gasteiger partial charge in [0.15, 0.2) is 10.6 Å². The zero-order chi connectivity index (χ0) is 12.3. The number of carboxylic acid groups (broad SMARTS) is 1. The molecule has 0 unspecified atom stereocenters. The Morgan fingerprint density at radius 2 is 2.00 bits per heavy atom. The molecule has 1 N–H and O–H groups in total. The van der Waals surface area contributed by atoms with E-state index in [-0.39, 0.29) is 4.88 Å². The molecular formula is C12H10O3S2. The van der Waals surface area contributed by atoms with Gasteiger partial charge in [-0.05, 0) is 30.5 Å². The molecular weight excluding hydrogens is 256 g/mol. The maximum absolute atomic E-state index is 10.9. The van der Waals surface area contributed by atoms with Crippen LogP contribution in [0.2, 0.25) is 0 Å². The minimum absolute atomic E-state index is 0.226. The predicted octanol–water partition coefficient (Wildman–Crippen LogP) is 3.84. The van der Waals surface area contributed by atoms with Gasteiger partial charge in [0.1, 0.15) is 0 Å². The normalized spacial score (nSPS) is 10.2. The molecule has 0 aliphatic carbocycles. The molecule has 1 aromatic heterocycles. The number of carbonyl (C=O) groups is 1. The molecule has 88 valence electrons. The lowest BCUT2D eigenvalue weighted by Crippen LogP contribution is -1.94. The number of benzene rings is 1. The minimum Gasteiger partial charge on any atom is -0.477 e. The molecule has 0 saturated heterocycles. The first-order valence-electron chi connectivity index (χ1n) is 4.89. The molecule has 0 spiro atoms. The van der Waals surface area contributed by atoms with E-state index < -0.39 is 5.97 Å². The summed E-state index contributed by atoms with van der Waals surface area (Å²) in [6, 6.07) is 9.50. The van der Waals surface area contributed by atoms with E-state index in [9.17, 15) is 4.79 Å². The van der Waals surface area contributed by atoms with Crippen molar-refractivity contribution >= 4 is 29.3 Å². The third-order valence-corrected chi connectivity index (χ3v) is 3.68. The largest absolute Gasteiger partial charge is 0.477 e. The topological polar surface area (TPSA) is 46.5 Å². The predicted molar refractivity (Wildman–Crippen MR) is 68.9 cm³/mol. The molecule has 0 bridgehead atoms. The van der Waals surface area contributed by atoms with Crippen molar-refractivity contribution in [2.45, 2.75) is 11.8 Å². The fourth-order valence-corrected chi connectivity index (χ4v) is 2.49. The second kappa shape index (κ2) is 5.25. The van der Waals surface area contributed by atoms with Gasteiger partial charge in [0.2, 0.25) is 0 Å². The lowest BCUT2D eigenvalue weighted by atomic mass is 10.2. The van der Waals surface area contributed by atoms with E-state index in [1.807, 2.05) is 31.2 Å². The van der Waals surface area contributed by atoms with Crippen LogP contribution in [0.15, 0.2) is 40.6 Å². The molecule has 5 heteroatoms. The van der Waals surface area contributed by atoms with Gasteiger partial charge in [-0.15, -0.1) is 11.3 Å². The van der Waals surface area contributed by atoms with E-state index in [1.54, 1.807) is 11.4 Å². The smallest absolute Gasteiger partial charge is 0.349 e. The summed E-state index contributed by atoms with van der Waals surface area (Å²) in [6.07, 6.45) is 0. The van der Waals surface area contributed by atoms with Crippen LogP contribution in [0.25, 0.3) is 0 Å². The molecule has 2 aromatic rings. The minimum atomic E-state index is -0.959. The van der Waals surface area contributed by atoms with Crippen LogP contribution < -0.4 is 4.18 Å². The standard InChI is InChI=1S/C12H10O3S2/c1-8-2-4-9(5-3-8)17-15-10-6-7-16-11(10)12(13)14/h2-7H,1H3,(H,13,14). The van der Waals surface area contributed by atoms with Crippen LogP contribution in [0.1, 0.15) is 15.2 Å². The van der Waals surface area contributed by atoms with Gasteiger partial charge in [0.05, 0.1) is 12.0 Å². The second-order valence-electron chi connectivity index (χ2n) is 3.40. The van der Waals surface area contributed by atoms with E-state index >= 15 is 0 Å². The molecule has 0 atom stereocenters. The van der Waals surface area contributed by atoms with Crippen molar-refractivity contribution in [1.82, 2.24) is 0 Å². The average molecular weight is 266 g/mol. The van der Waals surface area contributed by atoms with Gasteiger partial charge >= 0.3 is 5.97 Å². The third-order valence-electron chi connectivity index (χ3n) is 2.07. The van der Waals surface area contributed by atoms with Crippen LogP contribution in [0.3, 0.4) is 0 Å². The fraction of sp³-hybridized carbons (Fsp3) is 0.0833. The van der Waals surface area contributed by atoms with Crippen LogP contribution in [0.5, 0.6) is 5.75 Å². The maximum atomic E-state index is 10.9. The molecule has 1 aromatic carbocycles. The van der Waals surface area contributed by atoms with Crippen molar-refractivity contribution in [2.75, 3.05) is 0 Å². The van der Waals surface area contributed by atoms with Crippen LogP contribution in [-0.4, -0.2) is 11.1 Å². The lowest BCUT2D eigenvalue weighted by Gasteiger charge is -2.03. The van der Waals surface area contributed by atoms with Gasteiger partial charge in [-0.1, -0.05) is 17.7 Å². The number of hydrogen-bond acceptors (Lipinski definition) is 4. The summed E-state index contributed by atoms with van der Waals surface area (Å²) >= 11 is 2.32. The summed E-state index contributed by atoms with van der Waals surface area (Å²) < 4.78 is 5.41. The number of hydrogen-bond donors (Lipinski definition) is 1. The zero-order valence-electron chi connectivity index (χ0n) is 9.04. The van der Waals surface area contributed by atoms with Crippen molar-refractivity contribution in [3.63, 3.8) is 0 Å². The van der Waals surface area contributed by atoms with E-state index in [0.29, 0.717) is 5.75 Å². The molecule has 0 saturated carbocycles. The average Bonchev–Trinajstić information content (AvgIpc) is 2.76.